The summed E-state index contributed by atoms with van der Waals surface area (Å²) in [5, 5.41) is 2.62. The van der Waals surface area contributed by atoms with Gasteiger partial charge in [0.1, 0.15) is 5.75 Å². The molecule has 120 valence electrons. The zero-order valence-electron chi connectivity index (χ0n) is 14.1. The first-order valence-electron chi connectivity index (χ1n) is 7.43. The van der Waals surface area contributed by atoms with Gasteiger partial charge in [-0.1, -0.05) is 12.1 Å². The van der Waals surface area contributed by atoms with Gasteiger partial charge in [-0.25, -0.2) is 0 Å². The number of carbonyl (C=O) groups is 1. The standard InChI is InChI=1S/C16H24BNO4/c1-15(2)16(3,4)22-17(21-15)12-9-11(10-14(19)18-5)7-8-13(12)20-6/h7-9H,10H2,1-6H3,(H,18,19). The average Bonchev–Trinajstić information content (AvgIpc) is 2.67. The first-order chi connectivity index (χ1) is 10.2. The van der Waals surface area contributed by atoms with Gasteiger partial charge in [-0.2, -0.15) is 0 Å². The number of benzene rings is 1. The summed E-state index contributed by atoms with van der Waals surface area (Å²) in [6.45, 7) is 8.03. The molecule has 5 nitrogen and oxygen atoms in total. The summed E-state index contributed by atoms with van der Waals surface area (Å²) in [5.41, 5.74) is 0.867. The minimum Gasteiger partial charge on any atom is -0.497 e. The van der Waals surface area contributed by atoms with Gasteiger partial charge in [-0.05, 0) is 39.3 Å². The average molecular weight is 305 g/mol. The van der Waals surface area contributed by atoms with E-state index in [2.05, 4.69) is 5.32 Å². The van der Waals surface area contributed by atoms with Gasteiger partial charge in [0, 0.05) is 12.5 Å². The minimum atomic E-state index is -0.510. The predicted molar refractivity (Wildman–Crippen MR) is 86.5 cm³/mol. The number of nitrogens with one attached hydrogen (secondary N) is 1. The molecule has 1 aromatic carbocycles. The maximum Gasteiger partial charge on any atom is 0.498 e. The first kappa shape index (κ1) is 16.8. The molecule has 6 heteroatoms. The molecule has 22 heavy (non-hydrogen) atoms. The van der Waals surface area contributed by atoms with Crippen molar-refractivity contribution < 1.29 is 18.8 Å². The highest BCUT2D eigenvalue weighted by molar-refractivity contribution is 6.63. The number of methoxy groups -OCH3 is 1. The Morgan fingerprint density at radius 1 is 1.23 bits per heavy atom. The van der Waals surface area contributed by atoms with Gasteiger partial charge in [0.25, 0.3) is 0 Å². The van der Waals surface area contributed by atoms with Crippen molar-refractivity contribution in [1.29, 1.82) is 0 Å². The quantitative estimate of drug-likeness (QED) is 0.852. The van der Waals surface area contributed by atoms with E-state index in [4.69, 9.17) is 14.0 Å². The van der Waals surface area contributed by atoms with Gasteiger partial charge in [-0.15, -0.1) is 0 Å². The maximum atomic E-state index is 11.6. The lowest BCUT2D eigenvalue weighted by atomic mass is 9.77. The van der Waals surface area contributed by atoms with Crippen LogP contribution >= 0.6 is 0 Å². The van der Waals surface area contributed by atoms with Crippen LogP contribution in [0, 0.1) is 0 Å². The van der Waals surface area contributed by atoms with Crippen LogP contribution in [0.25, 0.3) is 0 Å². The Bertz CT molecular complexity index is 555. The topological polar surface area (TPSA) is 56.8 Å². The van der Waals surface area contributed by atoms with Crippen molar-refractivity contribution in [2.24, 2.45) is 0 Å². The van der Waals surface area contributed by atoms with Gasteiger partial charge < -0.3 is 19.4 Å². The Hall–Kier alpha value is -1.53. The number of likely N-dealkylation sites (N-methyl/N-ethyl adjacent to an activating group) is 1. The number of rotatable bonds is 4. The van der Waals surface area contributed by atoms with Crippen LogP contribution in [0.5, 0.6) is 5.75 Å². The highest BCUT2D eigenvalue weighted by atomic mass is 16.7. The minimum absolute atomic E-state index is 0.0370. The second-order valence-electron chi connectivity index (χ2n) is 6.51. The zero-order valence-corrected chi connectivity index (χ0v) is 14.1. The first-order valence-corrected chi connectivity index (χ1v) is 7.43. The lowest BCUT2D eigenvalue weighted by Crippen LogP contribution is -2.41. The molecule has 1 aromatic rings. The Labute approximate surface area is 132 Å². The fourth-order valence-corrected chi connectivity index (χ4v) is 2.32. The van der Waals surface area contributed by atoms with Crippen molar-refractivity contribution in [3.63, 3.8) is 0 Å². The molecular formula is C16H24BNO4. The molecule has 0 bridgehead atoms. The molecule has 0 spiro atoms. The van der Waals surface area contributed by atoms with Gasteiger partial charge >= 0.3 is 7.12 Å². The van der Waals surface area contributed by atoms with Crippen LogP contribution in [0.4, 0.5) is 0 Å². The summed E-state index contributed by atoms with van der Waals surface area (Å²) in [5.74, 6) is 0.657. The summed E-state index contributed by atoms with van der Waals surface area (Å²) < 4.78 is 17.6. The van der Waals surface area contributed by atoms with E-state index >= 15 is 0 Å². The van der Waals surface area contributed by atoms with Crippen molar-refractivity contribution >= 4 is 18.5 Å². The largest absolute Gasteiger partial charge is 0.498 e. The zero-order chi connectivity index (χ0) is 16.5. The van der Waals surface area contributed by atoms with Crippen LogP contribution in [0.2, 0.25) is 0 Å². The van der Waals surface area contributed by atoms with Crippen LogP contribution in [0.1, 0.15) is 33.3 Å². The summed E-state index contributed by atoms with van der Waals surface area (Å²) in [6, 6.07) is 5.64. The number of carbonyl (C=O) groups excluding carboxylic acids is 1. The molecule has 1 heterocycles. The number of amides is 1. The van der Waals surface area contributed by atoms with Crippen LogP contribution in [-0.2, 0) is 20.5 Å². The number of hydrogen-bond acceptors (Lipinski definition) is 4. The molecule has 1 amide bonds. The molecule has 1 N–H and O–H groups in total. The van der Waals surface area contributed by atoms with Crippen LogP contribution in [0.3, 0.4) is 0 Å². The molecule has 0 saturated carbocycles. The van der Waals surface area contributed by atoms with Crippen molar-refractivity contribution in [3.05, 3.63) is 23.8 Å². The van der Waals surface area contributed by atoms with Crippen molar-refractivity contribution in [1.82, 2.24) is 5.32 Å². The predicted octanol–water partition coefficient (Wildman–Crippen LogP) is 1.28. The van der Waals surface area contributed by atoms with Crippen LogP contribution < -0.4 is 15.5 Å². The smallest absolute Gasteiger partial charge is 0.497 e. The van der Waals surface area contributed by atoms with E-state index in [1.165, 1.54) is 0 Å². The molecule has 0 aliphatic carbocycles. The normalized spacial score (nSPS) is 19.1. The Morgan fingerprint density at radius 2 is 1.82 bits per heavy atom. The van der Waals surface area contributed by atoms with Gasteiger partial charge in [0.15, 0.2) is 0 Å². The molecule has 1 aliphatic heterocycles. The van der Waals surface area contributed by atoms with Gasteiger partial charge in [-0.3, -0.25) is 4.79 Å². The molecular weight excluding hydrogens is 281 g/mol. The molecule has 1 aliphatic rings. The van der Waals surface area contributed by atoms with E-state index < -0.39 is 18.3 Å². The van der Waals surface area contributed by atoms with Crippen molar-refractivity contribution in [2.75, 3.05) is 14.2 Å². The van der Waals surface area contributed by atoms with E-state index in [9.17, 15) is 4.79 Å². The van der Waals surface area contributed by atoms with Gasteiger partial charge in [0.2, 0.25) is 5.91 Å². The SMILES string of the molecule is CNC(=O)Cc1ccc(OC)c(B2OC(C)(C)C(C)(C)O2)c1. The van der Waals surface area contributed by atoms with Gasteiger partial charge in [0.05, 0.1) is 24.7 Å². The Balaban J connectivity index is 2.33. The Morgan fingerprint density at radius 3 is 2.32 bits per heavy atom. The fourth-order valence-electron chi connectivity index (χ4n) is 2.32. The molecule has 1 saturated heterocycles. The van der Waals surface area contributed by atoms with E-state index in [0.29, 0.717) is 12.2 Å². The van der Waals surface area contributed by atoms with Crippen LogP contribution in [-0.4, -0.2) is 38.4 Å². The second-order valence-corrected chi connectivity index (χ2v) is 6.51. The fraction of sp³-hybridized carbons (Fsp3) is 0.562. The molecule has 0 radical (unpaired) electrons. The number of hydrogen-bond donors (Lipinski definition) is 1. The lowest BCUT2D eigenvalue weighted by molar-refractivity contribution is -0.119. The molecule has 0 unspecified atom stereocenters. The maximum absolute atomic E-state index is 11.6. The molecule has 1 fully saturated rings. The number of ether oxygens (including phenoxy) is 1. The summed E-state index contributed by atoms with van der Waals surface area (Å²) >= 11 is 0. The Kier molecular flexibility index (Phi) is 4.54. The van der Waals surface area contributed by atoms with E-state index in [0.717, 1.165) is 11.0 Å². The van der Waals surface area contributed by atoms with Crippen molar-refractivity contribution in [2.45, 2.75) is 45.3 Å². The van der Waals surface area contributed by atoms with Crippen molar-refractivity contribution in [3.8, 4) is 5.75 Å². The molecule has 0 atom stereocenters. The molecule has 2 rings (SSSR count). The summed E-state index contributed by atoms with van der Waals surface area (Å²) in [6.07, 6.45) is 0.312. The third kappa shape index (κ3) is 3.13. The second kappa shape index (κ2) is 5.93. The highest BCUT2D eigenvalue weighted by Crippen LogP contribution is 2.37. The van der Waals surface area contributed by atoms with E-state index in [-0.39, 0.29) is 5.91 Å². The third-order valence-electron chi connectivity index (χ3n) is 4.44. The van der Waals surface area contributed by atoms with E-state index in [1.807, 2.05) is 45.9 Å². The van der Waals surface area contributed by atoms with E-state index in [1.54, 1.807) is 14.2 Å². The highest BCUT2D eigenvalue weighted by Gasteiger charge is 2.52. The monoisotopic (exact) mass is 305 g/mol. The summed E-state index contributed by atoms with van der Waals surface area (Å²) in [7, 11) is 2.73. The lowest BCUT2D eigenvalue weighted by Gasteiger charge is -2.32. The van der Waals surface area contributed by atoms with Crippen LogP contribution in [0.15, 0.2) is 18.2 Å². The summed E-state index contributed by atoms with van der Waals surface area (Å²) in [4.78, 5) is 11.6. The third-order valence-corrected chi connectivity index (χ3v) is 4.44. The molecule has 0 aromatic heterocycles.